The molecule has 134 valence electrons. The summed E-state index contributed by atoms with van der Waals surface area (Å²) >= 11 is 0. The number of hydrogen-bond acceptors (Lipinski definition) is 4. The molecule has 6 heteroatoms. The van der Waals surface area contributed by atoms with Crippen molar-refractivity contribution in [2.24, 2.45) is 0 Å². The molecule has 0 spiro atoms. The van der Waals surface area contributed by atoms with Gasteiger partial charge in [-0.3, -0.25) is 9.59 Å². The zero-order valence-corrected chi connectivity index (χ0v) is 14.8. The SMILES string of the molecule is C[C@@H](Nc1ccc2c(c1)NC(=O)CO2)C(=O)N1c2ccccc2C[C@@H]1C. The van der Waals surface area contributed by atoms with E-state index in [0.717, 1.165) is 17.8 Å². The highest BCUT2D eigenvalue weighted by molar-refractivity contribution is 6.01. The van der Waals surface area contributed by atoms with Crippen LogP contribution in [0.5, 0.6) is 5.75 Å². The molecule has 2 N–H and O–H groups in total. The van der Waals surface area contributed by atoms with Crippen molar-refractivity contribution in [2.45, 2.75) is 32.4 Å². The Labute approximate surface area is 152 Å². The van der Waals surface area contributed by atoms with Crippen LogP contribution in [-0.2, 0) is 16.0 Å². The molecule has 2 aromatic rings. The smallest absolute Gasteiger partial charge is 0.262 e. The summed E-state index contributed by atoms with van der Waals surface area (Å²) in [6.07, 6.45) is 0.872. The van der Waals surface area contributed by atoms with Gasteiger partial charge >= 0.3 is 0 Å². The summed E-state index contributed by atoms with van der Waals surface area (Å²) in [4.78, 5) is 26.4. The Balaban J connectivity index is 1.52. The molecule has 0 saturated heterocycles. The summed E-state index contributed by atoms with van der Waals surface area (Å²) < 4.78 is 5.36. The first-order valence-electron chi connectivity index (χ1n) is 8.77. The molecule has 4 rings (SSSR count). The molecule has 0 radical (unpaired) electrons. The fourth-order valence-corrected chi connectivity index (χ4v) is 3.59. The average molecular weight is 351 g/mol. The van der Waals surface area contributed by atoms with Gasteiger partial charge in [-0.2, -0.15) is 0 Å². The number of nitrogens with one attached hydrogen (secondary N) is 2. The van der Waals surface area contributed by atoms with Gasteiger partial charge in [0.25, 0.3) is 5.91 Å². The minimum absolute atomic E-state index is 0.0282. The van der Waals surface area contributed by atoms with Crippen LogP contribution in [0, 0.1) is 0 Å². The normalized spacial score (nSPS) is 19.1. The number of rotatable bonds is 3. The van der Waals surface area contributed by atoms with E-state index in [9.17, 15) is 9.59 Å². The summed E-state index contributed by atoms with van der Waals surface area (Å²) in [6, 6.07) is 13.2. The minimum atomic E-state index is -0.401. The lowest BCUT2D eigenvalue weighted by Crippen LogP contribution is -2.44. The van der Waals surface area contributed by atoms with E-state index in [2.05, 4.69) is 23.6 Å². The lowest BCUT2D eigenvalue weighted by Gasteiger charge is -2.27. The van der Waals surface area contributed by atoms with Crippen molar-refractivity contribution in [2.75, 3.05) is 22.1 Å². The molecular weight excluding hydrogens is 330 g/mol. The predicted molar refractivity (Wildman–Crippen MR) is 101 cm³/mol. The first-order valence-corrected chi connectivity index (χ1v) is 8.77. The monoisotopic (exact) mass is 351 g/mol. The third kappa shape index (κ3) is 2.87. The summed E-state index contributed by atoms with van der Waals surface area (Å²) in [5.74, 6) is 0.484. The van der Waals surface area contributed by atoms with Crippen LogP contribution in [0.25, 0.3) is 0 Å². The molecular formula is C20H21N3O3. The van der Waals surface area contributed by atoms with Gasteiger partial charge in [0.15, 0.2) is 6.61 Å². The second-order valence-electron chi connectivity index (χ2n) is 6.80. The molecule has 0 unspecified atom stereocenters. The topological polar surface area (TPSA) is 70.7 Å². The van der Waals surface area contributed by atoms with Crippen LogP contribution >= 0.6 is 0 Å². The van der Waals surface area contributed by atoms with Gasteiger partial charge in [0.05, 0.1) is 5.69 Å². The van der Waals surface area contributed by atoms with Gasteiger partial charge in [-0.05, 0) is 50.1 Å². The van der Waals surface area contributed by atoms with E-state index in [1.54, 1.807) is 12.1 Å². The van der Waals surface area contributed by atoms with Gasteiger partial charge in [-0.25, -0.2) is 0 Å². The van der Waals surface area contributed by atoms with Gasteiger partial charge < -0.3 is 20.3 Å². The van der Waals surface area contributed by atoms with Crippen LogP contribution in [-0.4, -0.2) is 30.5 Å². The van der Waals surface area contributed by atoms with Gasteiger partial charge in [0.1, 0.15) is 11.8 Å². The zero-order chi connectivity index (χ0) is 18.3. The van der Waals surface area contributed by atoms with Crippen molar-refractivity contribution in [3.63, 3.8) is 0 Å². The molecule has 2 atom stereocenters. The van der Waals surface area contributed by atoms with Crippen LogP contribution < -0.4 is 20.3 Å². The van der Waals surface area contributed by atoms with E-state index < -0.39 is 6.04 Å². The standard InChI is InChI=1S/C20H21N3O3/c1-12-9-14-5-3-4-6-17(14)23(12)20(25)13(2)21-15-7-8-18-16(10-15)22-19(24)11-26-18/h3-8,10,12-13,21H,9,11H2,1-2H3,(H,22,24)/t12-,13+/m0/s1. The number of ether oxygens (including phenoxy) is 1. The number of carbonyl (C=O) groups excluding carboxylic acids is 2. The Kier molecular flexibility index (Phi) is 4.03. The molecule has 2 amide bonds. The molecule has 2 heterocycles. The second kappa shape index (κ2) is 6.37. The van der Waals surface area contributed by atoms with E-state index in [0.29, 0.717) is 11.4 Å². The lowest BCUT2D eigenvalue weighted by molar-refractivity contribution is -0.119. The van der Waals surface area contributed by atoms with E-state index >= 15 is 0 Å². The fraction of sp³-hybridized carbons (Fsp3) is 0.300. The van der Waals surface area contributed by atoms with Gasteiger partial charge in [-0.15, -0.1) is 0 Å². The molecule has 0 aliphatic carbocycles. The number of para-hydroxylation sites is 1. The Morgan fingerprint density at radius 1 is 1.31 bits per heavy atom. The van der Waals surface area contributed by atoms with E-state index in [1.165, 1.54) is 5.56 Å². The lowest BCUT2D eigenvalue weighted by atomic mass is 10.1. The third-order valence-corrected chi connectivity index (χ3v) is 4.81. The summed E-state index contributed by atoms with van der Waals surface area (Å²) in [5, 5.41) is 6.02. The van der Waals surface area contributed by atoms with E-state index in [4.69, 9.17) is 4.74 Å². The maximum atomic E-state index is 13.0. The Morgan fingerprint density at radius 2 is 2.12 bits per heavy atom. The van der Waals surface area contributed by atoms with Gasteiger partial charge in [-0.1, -0.05) is 18.2 Å². The molecule has 2 aromatic carbocycles. The molecule has 26 heavy (non-hydrogen) atoms. The Hall–Kier alpha value is -3.02. The number of carbonyl (C=O) groups is 2. The van der Waals surface area contributed by atoms with Crippen molar-refractivity contribution in [1.82, 2.24) is 0 Å². The molecule has 0 saturated carbocycles. The van der Waals surface area contributed by atoms with E-state index in [-0.39, 0.29) is 24.5 Å². The number of hydrogen-bond donors (Lipinski definition) is 2. The van der Waals surface area contributed by atoms with Gasteiger partial charge in [0, 0.05) is 17.4 Å². The number of fused-ring (bicyclic) bond motifs is 2. The number of anilines is 3. The van der Waals surface area contributed by atoms with Crippen molar-refractivity contribution in [3.8, 4) is 5.75 Å². The first-order chi connectivity index (χ1) is 12.5. The summed E-state index contributed by atoms with van der Waals surface area (Å²) in [7, 11) is 0. The van der Waals surface area contributed by atoms with Crippen molar-refractivity contribution < 1.29 is 14.3 Å². The van der Waals surface area contributed by atoms with Crippen LogP contribution in [0.1, 0.15) is 19.4 Å². The largest absolute Gasteiger partial charge is 0.482 e. The highest BCUT2D eigenvalue weighted by Crippen LogP contribution is 2.33. The fourth-order valence-electron chi connectivity index (χ4n) is 3.59. The Morgan fingerprint density at radius 3 is 2.96 bits per heavy atom. The number of nitrogens with zero attached hydrogens (tertiary/aromatic N) is 1. The predicted octanol–water partition coefficient (Wildman–Crippen LogP) is 2.80. The molecule has 2 aliphatic heterocycles. The van der Waals surface area contributed by atoms with Crippen LogP contribution in [0.3, 0.4) is 0 Å². The van der Waals surface area contributed by atoms with Crippen LogP contribution in [0.2, 0.25) is 0 Å². The number of amides is 2. The maximum absolute atomic E-state index is 13.0. The molecule has 0 aromatic heterocycles. The summed E-state index contributed by atoms with van der Waals surface area (Å²) in [6.45, 7) is 3.95. The van der Waals surface area contributed by atoms with Crippen molar-refractivity contribution in [1.29, 1.82) is 0 Å². The quantitative estimate of drug-likeness (QED) is 0.892. The van der Waals surface area contributed by atoms with Gasteiger partial charge in [0.2, 0.25) is 5.91 Å². The van der Waals surface area contributed by atoms with Crippen LogP contribution in [0.15, 0.2) is 42.5 Å². The highest BCUT2D eigenvalue weighted by atomic mass is 16.5. The van der Waals surface area contributed by atoms with Crippen molar-refractivity contribution >= 4 is 28.9 Å². The molecule has 0 fully saturated rings. The van der Waals surface area contributed by atoms with Crippen molar-refractivity contribution in [3.05, 3.63) is 48.0 Å². The first kappa shape index (κ1) is 16.4. The average Bonchev–Trinajstić information content (AvgIpc) is 2.96. The second-order valence-corrected chi connectivity index (χ2v) is 6.80. The van der Waals surface area contributed by atoms with E-state index in [1.807, 2.05) is 36.1 Å². The maximum Gasteiger partial charge on any atom is 0.262 e. The minimum Gasteiger partial charge on any atom is -0.482 e. The molecule has 0 bridgehead atoms. The Bertz CT molecular complexity index is 880. The summed E-state index contributed by atoms with van der Waals surface area (Å²) in [5.41, 5.74) is 3.57. The molecule has 6 nitrogen and oxygen atoms in total. The highest BCUT2D eigenvalue weighted by Gasteiger charge is 2.33. The van der Waals surface area contributed by atoms with Crippen LogP contribution in [0.4, 0.5) is 17.1 Å². The molecule has 2 aliphatic rings. The number of benzene rings is 2. The third-order valence-electron chi connectivity index (χ3n) is 4.81. The zero-order valence-electron chi connectivity index (χ0n) is 14.8.